The van der Waals surface area contributed by atoms with Crippen LogP contribution < -0.4 is 10.2 Å². The minimum Gasteiger partial charge on any atom is -0.504 e. The average Bonchev–Trinajstić information content (AvgIpc) is 2.50. The fourth-order valence-corrected chi connectivity index (χ4v) is 1.98. The van der Waals surface area contributed by atoms with Gasteiger partial charge >= 0.3 is 0 Å². The van der Waals surface area contributed by atoms with Crippen LogP contribution in [0.1, 0.15) is 11.1 Å². The van der Waals surface area contributed by atoms with Gasteiger partial charge in [-0.2, -0.15) is 5.10 Å². The molecule has 23 heavy (non-hydrogen) atoms. The average molecular weight is 335 g/mol. The number of phenolic OH excluding ortho intramolecular Hbond substituents is 2. The molecule has 0 bridgehead atoms. The third-order valence-electron chi connectivity index (χ3n) is 2.90. The van der Waals surface area contributed by atoms with Gasteiger partial charge in [0.15, 0.2) is 18.1 Å². The Kier molecular flexibility index (Phi) is 5.43. The molecule has 0 heterocycles. The number of amides is 1. The van der Waals surface area contributed by atoms with Gasteiger partial charge in [-0.15, -0.1) is 0 Å². The number of nitrogens with one attached hydrogen (secondary N) is 1. The van der Waals surface area contributed by atoms with Crippen LogP contribution in [0, 0.1) is 6.92 Å². The molecule has 0 aliphatic carbocycles. The molecule has 0 fully saturated rings. The summed E-state index contributed by atoms with van der Waals surface area (Å²) in [6, 6.07) is 9.29. The fraction of sp³-hybridized carbons (Fsp3) is 0.125. The first-order valence-corrected chi connectivity index (χ1v) is 7.06. The van der Waals surface area contributed by atoms with Gasteiger partial charge in [0.25, 0.3) is 5.91 Å². The number of phenols is 2. The smallest absolute Gasteiger partial charge is 0.277 e. The van der Waals surface area contributed by atoms with Crippen LogP contribution in [0.4, 0.5) is 0 Å². The Morgan fingerprint density at radius 1 is 1.26 bits per heavy atom. The first-order chi connectivity index (χ1) is 11.0. The van der Waals surface area contributed by atoms with Crippen molar-refractivity contribution in [3.05, 3.63) is 52.5 Å². The zero-order valence-electron chi connectivity index (χ0n) is 12.3. The minimum atomic E-state index is -0.432. The largest absolute Gasteiger partial charge is 0.504 e. The highest BCUT2D eigenvalue weighted by Gasteiger charge is 2.04. The van der Waals surface area contributed by atoms with E-state index in [1.54, 1.807) is 18.2 Å². The van der Waals surface area contributed by atoms with E-state index >= 15 is 0 Å². The van der Waals surface area contributed by atoms with E-state index in [1.165, 1.54) is 24.4 Å². The Labute approximate surface area is 138 Å². The van der Waals surface area contributed by atoms with Crippen LogP contribution in [0.2, 0.25) is 5.02 Å². The van der Waals surface area contributed by atoms with Crippen LogP contribution >= 0.6 is 11.6 Å². The van der Waals surface area contributed by atoms with E-state index in [0.717, 1.165) is 5.56 Å². The van der Waals surface area contributed by atoms with Gasteiger partial charge in [0.2, 0.25) is 0 Å². The lowest BCUT2D eigenvalue weighted by Gasteiger charge is -2.08. The number of nitrogens with zero attached hydrogens (tertiary/aromatic N) is 1. The minimum absolute atomic E-state index is 0.194. The van der Waals surface area contributed by atoms with E-state index < -0.39 is 5.91 Å². The SMILES string of the molecule is Cc1cc(Cl)ccc1OCC(=O)N/N=C/c1ccc(O)c(O)c1. The number of aromatic hydroxyl groups is 2. The molecule has 0 aromatic heterocycles. The topological polar surface area (TPSA) is 91.2 Å². The molecule has 2 aromatic rings. The second-order valence-corrected chi connectivity index (χ2v) is 5.18. The summed E-state index contributed by atoms with van der Waals surface area (Å²) in [5.74, 6) is -0.352. The summed E-state index contributed by atoms with van der Waals surface area (Å²) in [7, 11) is 0. The van der Waals surface area contributed by atoms with E-state index in [4.69, 9.17) is 16.3 Å². The molecule has 0 aliphatic heterocycles. The van der Waals surface area contributed by atoms with Crippen molar-refractivity contribution in [3.63, 3.8) is 0 Å². The van der Waals surface area contributed by atoms with Gasteiger partial charge in [-0.3, -0.25) is 4.79 Å². The molecule has 3 N–H and O–H groups in total. The lowest BCUT2D eigenvalue weighted by molar-refractivity contribution is -0.123. The molecule has 6 nitrogen and oxygen atoms in total. The summed E-state index contributed by atoms with van der Waals surface area (Å²) in [6.07, 6.45) is 1.34. The van der Waals surface area contributed by atoms with E-state index in [1.807, 2.05) is 6.92 Å². The zero-order valence-corrected chi connectivity index (χ0v) is 13.0. The number of aryl methyl sites for hydroxylation is 1. The number of ether oxygens (including phenoxy) is 1. The monoisotopic (exact) mass is 334 g/mol. The summed E-state index contributed by atoms with van der Waals surface area (Å²) >= 11 is 5.84. The molecule has 0 spiro atoms. The number of hydrogen-bond donors (Lipinski definition) is 3. The second-order valence-electron chi connectivity index (χ2n) is 4.74. The van der Waals surface area contributed by atoms with Gasteiger partial charge < -0.3 is 14.9 Å². The molecule has 1 amide bonds. The first-order valence-electron chi connectivity index (χ1n) is 6.68. The number of carbonyl (C=O) groups excluding carboxylic acids is 1. The van der Waals surface area contributed by atoms with Crippen LogP contribution in [0.3, 0.4) is 0 Å². The molecule has 0 radical (unpaired) electrons. The quantitative estimate of drug-likeness (QED) is 0.445. The van der Waals surface area contributed by atoms with E-state index in [9.17, 15) is 15.0 Å². The van der Waals surface area contributed by atoms with E-state index in [0.29, 0.717) is 16.3 Å². The van der Waals surface area contributed by atoms with Crippen molar-refractivity contribution in [1.82, 2.24) is 5.43 Å². The number of rotatable bonds is 5. The molecule has 2 aromatic carbocycles. The highest BCUT2D eigenvalue weighted by molar-refractivity contribution is 6.30. The summed E-state index contributed by atoms with van der Waals surface area (Å²) in [5, 5.41) is 22.9. The summed E-state index contributed by atoms with van der Waals surface area (Å²) in [4.78, 5) is 11.6. The lowest BCUT2D eigenvalue weighted by atomic mass is 10.2. The maximum atomic E-state index is 11.6. The fourth-order valence-electron chi connectivity index (χ4n) is 1.75. The number of carbonyl (C=O) groups is 1. The van der Waals surface area contributed by atoms with Crippen LogP contribution in [0.25, 0.3) is 0 Å². The van der Waals surface area contributed by atoms with E-state index in [-0.39, 0.29) is 18.1 Å². The van der Waals surface area contributed by atoms with Crippen LogP contribution in [0.15, 0.2) is 41.5 Å². The molecule has 120 valence electrons. The predicted molar refractivity (Wildman–Crippen MR) is 87.2 cm³/mol. The number of hydrazone groups is 1. The van der Waals surface area contributed by atoms with Gasteiger partial charge in [0.05, 0.1) is 6.21 Å². The Hall–Kier alpha value is -2.73. The Balaban J connectivity index is 1.85. The molecule has 0 atom stereocenters. The zero-order chi connectivity index (χ0) is 16.8. The van der Waals surface area contributed by atoms with Gasteiger partial charge in [0.1, 0.15) is 5.75 Å². The van der Waals surface area contributed by atoms with Crippen molar-refractivity contribution < 1.29 is 19.7 Å². The Morgan fingerprint density at radius 2 is 2.04 bits per heavy atom. The van der Waals surface area contributed by atoms with Crippen molar-refractivity contribution in [2.24, 2.45) is 5.10 Å². The molecular formula is C16H15ClN2O4. The van der Waals surface area contributed by atoms with Crippen LogP contribution in [-0.2, 0) is 4.79 Å². The van der Waals surface area contributed by atoms with Crippen molar-refractivity contribution in [2.75, 3.05) is 6.61 Å². The Bertz CT molecular complexity index is 747. The molecular weight excluding hydrogens is 320 g/mol. The summed E-state index contributed by atoms with van der Waals surface area (Å²) in [5.41, 5.74) is 3.65. The maximum Gasteiger partial charge on any atom is 0.277 e. The number of benzene rings is 2. The van der Waals surface area contributed by atoms with Gasteiger partial charge in [-0.05, 0) is 54.4 Å². The van der Waals surface area contributed by atoms with Crippen molar-refractivity contribution in [2.45, 2.75) is 6.92 Å². The normalized spacial score (nSPS) is 10.7. The lowest BCUT2D eigenvalue weighted by Crippen LogP contribution is -2.24. The summed E-state index contributed by atoms with van der Waals surface area (Å²) in [6.45, 7) is 1.63. The highest BCUT2D eigenvalue weighted by Crippen LogP contribution is 2.24. The van der Waals surface area contributed by atoms with Crippen LogP contribution in [-0.4, -0.2) is 28.9 Å². The molecule has 2 rings (SSSR count). The van der Waals surface area contributed by atoms with Gasteiger partial charge in [-0.25, -0.2) is 5.43 Å². The number of hydrogen-bond acceptors (Lipinski definition) is 5. The van der Waals surface area contributed by atoms with Crippen molar-refractivity contribution in [1.29, 1.82) is 0 Å². The molecule has 0 saturated carbocycles. The molecule has 7 heteroatoms. The van der Waals surface area contributed by atoms with E-state index in [2.05, 4.69) is 10.5 Å². The maximum absolute atomic E-state index is 11.6. The third kappa shape index (κ3) is 4.89. The highest BCUT2D eigenvalue weighted by atomic mass is 35.5. The van der Waals surface area contributed by atoms with Gasteiger partial charge in [-0.1, -0.05) is 11.6 Å². The Morgan fingerprint density at radius 3 is 2.74 bits per heavy atom. The molecule has 0 saturated heterocycles. The molecule has 0 unspecified atom stereocenters. The van der Waals surface area contributed by atoms with Crippen molar-refractivity contribution >= 4 is 23.7 Å². The summed E-state index contributed by atoms with van der Waals surface area (Å²) < 4.78 is 5.37. The number of halogens is 1. The predicted octanol–water partition coefficient (Wildman–Crippen LogP) is 2.59. The second kappa shape index (κ2) is 7.51. The van der Waals surface area contributed by atoms with Gasteiger partial charge in [0, 0.05) is 5.02 Å². The van der Waals surface area contributed by atoms with Crippen LogP contribution in [0.5, 0.6) is 17.2 Å². The standard InChI is InChI=1S/C16H15ClN2O4/c1-10-6-12(17)3-5-15(10)23-9-16(22)19-18-8-11-2-4-13(20)14(21)7-11/h2-8,20-21H,9H2,1H3,(H,19,22)/b18-8+. The molecule has 0 aliphatic rings. The third-order valence-corrected chi connectivity index (χ3v) is 3.13. The first kappa shape index (κ1) is 16.6. The van der Waals surface area contributed by atoms with Crippen molar-refractivity contribution in [3.8, 4) is 17.2 Å².